The van der Waals surface area contributed by atoms with E-state index >= 15 is 0 Å². The smallest absolute Gasteiger partial charge is 0.195 e. The van der Waals surface area contributed by atoms with Crippen LogP contribution in [0.15, 0.2) is 0 Å². The normalized spacial score (nSPS) is 54.1. The molecule has 0 aromatic rings. The van der Waals surface area contributed by atoms with Gasteiger partial charge in [0, 0.05) is 0 Å². The quantitative estimate of drug-likeness (QED) is 0.519. The molecule has 8 atom stereocenters. The first-order valence-corrected chi connectivity index (χ1v) is 10.2. The Balaban J connectivity index is 1.52. The van der Waals surface area contributed by atoms with Gasteiger partial charge in [-0.1, -0.05) is 54.4 Å². The average molecular weight is 321 g/mol. The molecule has 6 aliphatic rings. The first-order chi connectivity index (χ1) is 10.2. The van der Waals surface area contributed by atoms with Crippen LogP contribution in [0, 0.1) is 46.3 Å². The summed E-state index contributed by atoms with van der Waals surface area (Å²) in [6.07, 6.45) is 6.17. The Morgan fingerprint density at radius 3 is 1.95 bits per heavy atom. The van der Waals surface area contributed by atoms with Crippen molar-refractivity contribution in [1.29, 1.82) is 0 Å². The van der Waals surface area contributed by atoms with E-state index in [9.17, 15) is 0 Å². The lowest BCUT2D eigenvalue weighted by Crippen LogP contribution is -2.59. The van der Waals surface area contributed by atoms with E-state index in [0.717, 1.165) is 47.1 Å². The third-order valence-electron chi connectivity index (χ3n) is 9.50. The monoisotopic (exact) mass is 320 g/mol. The van der Waals surface area contributed by atoms with Crippen LogP contribution in [-0.2, 0) is 0 Å². The van der Waals surface area contributed by atoms with Crippen LogP contribution >= 0.6 is 11.5 Å². The Labute approximate surface area is 143 Å². The van der Waals surface area contributed by atoms with Gasteiger partial charge < -0.3 is 0 Å². The maximum absolute atomic E-state index is 7.22. The van der Waals surface area contributed by atoms with Crippen molar-refractivity contribution >= 4 is 17.6 Å². The fourth-order valence-corrected chi connectivity index (χ4v) is 8.34. The minimum atomic E-state index is 0.435. The van der Waals surface area contributed by atoms with Gasteiger partial charge in [-0.3, -0.25) is 0 Å². The van der Waals surface area contributed by atoms with Crippen molar-refractivity contribution < 1.29 is 0 Å². The lowest BCUT2D eigenvalue weighted by molar-refractivity contribution is -0.108. The summed E-state index contributed by atoms with van der Waals surface area (Å²) in [5.41, 5.74) is 1.14. The maximum Gasteiger partial charge on any atom is 0.257 e. The van der Waals surface area contributed by atoms with Crippen molar-refractivity contribution in [3.63, 3.8) is 0 Å². The summed E-state index contributed by atoms with van der Waals surface area (Å²) < 4.78 is 0. The summed E-state index contributed by atoms with van der Waals surface area (Å²) >= 11 is 7.22. The van der Waals surface area contributed by atoms with Crippen molar-refractivity contribution in [1.82, 2.24) is 0 Å². The summed E-state index contributed by atoms with van der Waals surface area (Å²) in [6, 6.07) is 0. The second-order valence-corrected chi connectivity index (χ2v) is 11.2. The second kappa shape index (κ2) is 4.71. The topological polar surface area (TPSA) is 0 Å². The van der Waals surface area contributed by atoms with Crippen LogP contribution in [0.1, 0.15) is 67.2 Å². The molecule has 6 rings (SSSR count). The van der Waals surface area contributed by atoms with Gasteiger partial charge in [-0.2, -0.15) is 11.5 Å². The van der Waals surface area contributed by atoms with E-state index in [1.807, 2.05) is 0 Å². The van der Waals surface area contributed by atoms with E-state index in [2.05, 4.69) is 41.5 Å². The molecule has 124 valence electrons. The van der Waals surface area contributed by atoms with Gasteiger partial charge in [0.1, 0.15) is 0 Å². The SMILES string of the molecule is C[C@@H]1[C@H]2C[C@@H](C[C@H]1B(Cl)[C@@H]1C[C@H](C)[C@H]3C[C@@H]1C3(C)C)C2(C)C. The largest absolute Gasteiger partial charge is 0.257 e. The lowest BCUT2D eigenvalue weighted by Gasteiger charge is -2.66. The molecule has 0 radical (unpaired) electrons. The number of hydrogen-bond acceptors (Lipinski definition) is 0. The van der Waals surface area contributed by atoms with Crippen molar-refractivity contribution in [2.45, 2.75) is 78.9 Å². The molecule has 4 bridgehead atoms. The Bertz CT molecular complexity index is 470. The van der Waals surface area contributed by atoms with Crippen molar-refractivity contribution in [3.8, 4) is 0 Å². The van der Waals surface area contributed by atoms with Gasteiger partial charge in [-0.05, 0) is 70.8 Å². The molecule has 0 spiro atoms. The third-order valence-corrected chi connectivity index (χ3v) is 10.1. The van der Waals surface area contributed by atoms with Gasteiger partial charge in [0.25, 0.3) is 6.13 Å². The molecule has 0 unspecified atom stereocenters. The van der Waals surface area contributed by atoms with Crippen molar-refractivity contribution in [2.24, 2.45) is 46.3 Å². The minimum Gasteiger partial charge on any atom is -0.195 e. The highest BCUT2D eigenvalue weighted by atomic mass is 35.5. The zero-order valence-electron chi connectivity index (χ0n) is 15.4. The summed E-state index contributed by atoms with van der Waals surface area (Å²) in [7, 11) is 0. The van der Waals surface area contributed by atoms with Gasteiger partial charge >= 0.3 is 0 Å². The molecular formula is C20H34BCl. The van der Waals surface area contributed by atoms with E-state index in [4.69, 9.17) is 11.5 Å². The van der Waals surface area contributed by atoms with Crippen LogP contribution < -0.4 is 0 Å². The van der Waals surface area contributed by atoms with Crippen molar-refractivity contribution in [2.75, 3.05) is 0 Å². The first kappa shape index (κ1) is 15.9. The summed E-state index contributed by atoms with van der Waals surface area (Å²) in [5.74, 6) is 7.02. The van der Waals surface area contributed by atoms with Gasteiger partial charge in [-0.15, -0.1) is 0 Å². The molecule has 0 aromatic carbocycles. The molecule has 0 N–H and O–H groups in total. The fraction of sp³-hybridized carbons (Fsp3) is 1.00. The number of fused-ring (bicyclic) bond motifs is 4. The molecule has 6 aliphatic carbocycles. The molecule has 0 aliphatic heterocycles. The second-order valence-electron chi connectivity index (χ2n) is 10.7. The van der Waals surface area contributed by atoms with Gasteiger partial charge in [-0.25, -0.2) is 0 Å². The van der Waals surface area contributed by atoms with Crippen LogP contribution in [-0.4, -0.2) is 6.13 Å². The first-order valence-electron chi connectivity index (χ1n) is 9.79. The van der Waals surface area contributed by atoms with E-state index in [1.165, 1.54) is 25.7 Å². The molecule has 0 aromatic heterocycles. The Morgan fingerprint density at radius 1 is 0.773 bits per heavy atom. The number of hydrogen-bond donors (Lipinski definition) is 0. The average Bonchev–Trinajstić information content (AvgIpc) is 2.44. The Hall–Kier alpha value is 0.355. The lowest BCUT2D eigenvalue weighted by atomic mass is 9.29. The van der Waals surface area contributed by atoms with Crippen LogP contribution in [0.25, 0.3) is 0 Å². The van der Waals surface area contributed by atoms with Crippen molar-refractivity contribution in [3.05, 3.63) is 0 Å². The zero-order valence-corrected chi connectivity index (χ0v) is 16.2. The zero-order chi connectivity index (χ0) is 16.0. The van der Waals surface area contributed by atoms with E-state index in [1.54, 1.807) is 0 Å². The predicted molar refractivity (Wildman–Crippen MR) is 97.4 cm³/mol. The molecule has 0 heterocycles. The Kier molecular flexibility index (Phi) is 3.39. The van der Waals surface area contributed by atoms with E-state index < -0.39 is 0 Å². The van der Waals surface area contributed by atoms with Crippen LogP contribution in [0.5, 0.6) is 0 Å². The van der Waals surface area contributed by atoms with Gasteiger partial charge in [0.15, 0.2) is 0 Å². The van der Waals surface area contributed by atoms with E-state index in [-0.39, 0.29) is 0 Å². The molecule has 2 heteroatoms. The third kappa shape index (κ3) is 1.84. The molecule has 0 nitrogen and oxygen atoms in total. The highest BCUT2D eigenvalue weighted by Crippen LogP contribution is 2.70. The van der Waals surface area contributed by atoms with Crippen LogP contribution in [0.3, 0.4) is 0 Å². The molecular weight excluding hydrogens is 286 g/mol. The number of rotatable bonds is 2. The van der Waals surface area contributed by atoms with Gasteiger partial charge in [0.2, 0.25) is 0 Å². The highest BCUT2D eigenvalue weighted by Gasteiger charge is 2.63. The number of halogens is 1. The van der Waals surface area contributed by atoms with Gasteiger partial charge in [0.05, 0.1) is 0 Å². The van der Waals surface area contributed by atoms with Crippen LogP contribution in [0.2, 0.25) is 11.6 Å². The maximum atomic E-state index is 7.22. The molecule has 0 saturated heterocycles. The standard InChI is InChI=1S/C20H34BCl/c1-11-7-18(16-10-14(11)20(16,5)6)21(22)17-9-13-8-15(12(17)2)19(13,3)4/h11-18H,7-10H2,1-6H3/t11-,12+,13-,14+,15+,16-,17+,18+/m0/s1. The molecule has 6 fully saturated rings. The highest BCUT2D eigenvalue weighted by molar-refractivity contribution is 7.08. The summed E-state index contributed by atoms with van der Waals surface area (Å²) in [6.45, 7) is 15.0. The van der Waals surface area contributed by atoms with Crippen LogP contribution in [0.4, 0.5) is 0 Å². The minimum absolute atomic E-state index is 0.435. The molecule has 22 heavy (non-hydrogen) atoms. The fourth-order valence-electron chi connectivity index (χ4n) is 7.72. The van der Waals surface area contributed by atoms with E-state index in [0.29, 0.717) is 17.0 Å². The molecule has 6 saturated carbocycles. The summed E-state index contributed by atoms with van der Waals surface area (Å²) in [5, 5.41) is 0. The Morgan fingerprint density at radius 2 is 1.45 bits per heavy atom. The summed E-state index contributed by atoms with van der Waals surface area (Å²) in [4.78, 5) is 0. The predicted octanol–water partition coefficient (Wildman–Crippen LogP) is 6.36. The molecule has 0 amide bonds.